The first kappa shape index (κ1) is 19.2. The number of aromatic nitrogens is 3. The monoisotopic (exact) mass is 387 g/mol. The average molecular weight is 387 g/mol. The maximum atomic E-state index is 11.3. The summed E-state index contributed by atoms with van der Waals surface area (Å²) in [5.74, 6) is 2.54. The number of ketones is 1. The first-order valence-electron chi connectivity index (χ1n) is 8.44. The number of ether oxygens (including phenoxy) is 1. The van der Waals surface area contributed by atoms with Crippen LogP contribution in [0.25, 0.3) is 11.4 Å². The second-order valence-electron chi connectivity index (χ2n) is 6.11. The van der Waals surface area contributed by atoms with Crippen LogP contribution in [0.5, 0.6) is 5.75 Å². The van der Waals surface area contributed by atoms with Crippen LogP contribution in [0.3, 0.4) is 0 Å². The summed E-state index contributed by atoms with van der Waals surface area (Å²) >= 11 is 1.40. The Morgan fingerprint density at radius 3 is 2.67 bits per heavy atom. The zero-order valence-electron chi connectivity index (χ0n) is 15.4. The van der Waals surface area contributed by atoms with Crippen molar-refractivity contribution >= 4 is 17.5 Å². The predicted octanol–water partition coefficient (Wildman–Crippen LogP) is 3.12. The molecule has 27 heavy (non-hydrogen) atoms. The van der Waals surface area contributed by atoms with Crippen molar-refractivity contribution in [2.45, 2.75) is 25.1 Å². The van der Waals surface area contributed by atoms with Crippen LogP contribution >= 0.6 is 11.8 Å². The third-order valence-electron chi connectivity index (χ3n) is 4.04. The number of carbonyl (C=O) groups is 1. The molecule has 3 rings (SSSR count). The molecule has 0 bridgehead atoms. The van der Waals surface area contributed by atoms with Crippen molar-refractivity contribution in [1.82, 2.24) is 14.8 Å². The van der Waals surface area contributed by atoms with Crippen molar-refractivity contribution < 1.29 is 19.1 Å². The molecule has 0 saturated carbocycles. The number of nitrogens with zero attached hydrogens (tertiary/aromatic N) is 3. The van der Waals surface area contributed by atoms with Gasteiger partial charge in [-0.1, -0.05) is 11.8 Å². The van der Waals surface area contributed by atoms with Crippen LogP contribution in [0.1, 0.15) is 23.0 Å². The quantitative estimate of drug-likeness (QED) is 0.469. The van der Waals surface area contributed by atoms with Gasteiger partial charge in [0.2, 0.25) is 0 Å². The lowest BCUT2D eigenvalue weighted by atomic mass is 10.1. The molecule has 0 radical (unpaired) electrons. The molecule has 0 fully saturated rings. The van der Waals surface area contributed by atoms with E-state index in [1.807, 2.05) is 24.6 Å². The van der Waals surface area contributed by atoms with E-state index >= 15 is 0 Å². The van der Waals surface area contributed by atoms with Crippen molar-refractivity contribution in [3.8, 4) is 17.1 Å². The third-order valence-corrected chi connectivity index (χ3v) is 5.21. The first-order valence-corrected chi connectivity index (χ1v) is 9.42. The van der Waals surface area contributed by atoms with E-state index in [2.05, 4.69) is 10.2 Å². The first-order chi connectivity index (χ1) is 13.0. The molecule has 8 heteroatoms. The molecule has 1 atom stereocenters. The maximum Gasteiger partial charge on any atom is 0.191 e. The van der Waals surface area contributed by atoms with Crippen molar-refractivity contribution in [2.75, 3.05) is 12.4 Å². The fourth-order valence-corrected chi connectivity index (χ4v) is 3.31. The lowest BCUT2D eigenvalue weighted by Crippen LogP contribution is -2.20. The lowest BCUT2D eigenvalue weighted by molar-refractivity contribution is 0.101. The fourth-order valence-electron chi connectivity index (χ4n) is 2.49. The molecule has 7 nitrogen and oxygen atoms in total. The predicted molar refractivity (Wildman–Crippen MR) is 102 cm³/mol. The summed E-state index contributed by atoms with van der Waals surface area (Å²) < 4.78 is 12.8. The summed E-state index contributed by atoms with van der Waals surface area (Å²) in [5, 5.41) is 19.3. The van der Waals surface area contributed by atoms with Crippen molar-refractivity contribution in [3.63, 3.8) is 0 Å². The van der Waals surface area contributed by atoms with Crippen LogP contribution in [0.15, 0.2) is 46.2 Å². The number of furan rings is 1. The van der Waals surface area contributed by atoms with E-state index in [0.717, 1.165) is 17.1 Å². The Balaban J connectivity index is 1.52. The van der Waals surface area contributed by atoms with Gasteiger partial charge < -0.3 is 18.8 Å². The smallest absolute Gasteiger partial charge is 0.191 e. The highest BCUT2D eigenvalue weighted by Crippen LogP contribution is 2.26. The standard InChI is InChI=1S/C19H21N3O4S/c1-12(23)14-4-6-16(7-5-14)26-10-15(24)11-27-19-21-20-18(22(19)3)17-8-9-25-13(17)2/h4-9,15,24H,10-11H2,1-3H3/t15-/m1/s1. The van der Waals surface area contributed by atoms with Gasteiger partial charge in [0, 0.05) is 18.4 Å². The van der Waals surface area contributed by atoms with E-state index in [1.165, 1.54) is 18.7 Å². The largest absolute Gasteiger partial charge is 0.491 e. The summed E-state index contributed by atoms with van der Waals surface area (Å²) in [6.07, 6.45) is 0.953. The SMILES string of the molecule is CC(=O)c1ccc(OC[C@@H](O)CSc2nnc(-c3ccoc3C)n2C)cc1. The van der Waals surface area contributed by atoms with Gasteiger partial charge in [0.1, 0.15) is 18.1 Å². The normalized spacial score (nSPS) is 12.1. The topological polar surface area (TPSA) is 90.4 Å². The van der Waals surface area contributed by atoms with Crippen LogP contribution in [-0.4, -0.2) is 44.1 Å². The third kappa shape index (κ3) is 4.58. The fraction of sp³-hybridized carbons (Fsp3) is 0.316. The van der Waals surface area contributed by atoms with Gasteiger partial charge in [-0.25, -0.2) is 0 Å². The summed E-state index contributed by atoms with van der Waals surface area (Å²) in [7, 11) is 1.88. The molecule has 0 spiro atoms. The summed E-state index contributed by atoms with van der Waals surface area (Å²) in [6.45, 7) is 3.54. The Morgan fingerprint density at radius 2 is 2.04 bits per heavy atom. The highest BCUT2D eigenvalue weighted by Gasteiger charge is 2.16. The minimum atomic E-state index is -0.668. The highest BCUT2D eigenvalue weighted by molar-refractivity contribution is 7.99. The number of hydrogen-bond acceptors (Lipinski definition) is 7. The van der Waals surface area contributed by atoms with Crippen LogP contribution in [0.2, 0.25) is 0 Å². The molecule has 0 unspecified atom stereocenters. The molecule has 0 saturated heterocycles. The van der Waals surface area contributed by atoms with E-state index in [1.54, 1.807) is 30.5 Å². The number of rotatable bonds is 8. The number of aliphatic hydroxyl groups excluding tert-OH is 1. The molecular formula is C19H21N3O4S. The van der Waals surface area contributed by atoms with Crippen molar-refractivity contribution in [1.29, 1.82) is 0 Å². The zero-order valence-corrected chi connectivity index (χ0v) is 16.2. The Labute approximate surface area is 161 Å². The van der Waals surface area contributed by atoms with Gasteiger partial charge in [-0.2, -0.15) is 0 Å². The Morgan fingerprint density at radius 1 is 1.30 bits per heavy atom. The number of thioether (sulfide) groups is 1. The number of aryl methyl sites for hydroxylation is 1. The second-order valence-corrected chi connectivity index (χ2v) is 7.10. The number of carbonyl (C=O) groups excluding carboxylic acids is 1. The molecular weight excluding hydrogens is 366 g/mol. The molecule has 3 aromatic rings. The van der Waals surface area contributed by atoms with Gasteiger partial charge in [-0.05, 0) is 44.2 Å². The van der Waals surface area contributed by atoms with E-state index in [0.29, 0.717) is 22.2 Å². The highest BCUT2D eigenvalue weighted by atomic mass is 32.2. The van der Waals surface area contributed by atoms with E-state index in [4.69, 9.17) is 9.15 Å². The van der Waals surface area contributed by atoms with Gasteiger partial charge in [0.05, 0.1) is 17.9 Å². The van der Waals surface area contributed by atoms with Gasteiger partial charge in [0.25, 0.3) is 0 Å². The van der Waals surface area contributed by atoms with Gasteiger partial charge in [-0.15, -0.1) is 10.2 Å². The van der Waals surface area contributed by atoms with Gasteiger partial charge in [-0.3, -0.25) is 4.79 Å². The second kappa shape index (κ2) is 8.41. The number of benzene rings is 1. The molecule has 2 heterocycles. The van der Waals surface area contributed by atoms with Gasteiger partial charge in [0.15, 0.2) is 16.8 Å². The molecule has 2 aromatic heterocycles. The summed E-state index contributed by atoms with van der Waals surface area (Å²) in [4.78, 5) is 11.3. The maximum absolute atomic E-state index is 11.3. The Bertz CT molecular complexity index is 917. The number of hydrogen-bond donors (Lipinski definition) is 1. The van der Waals surface area contributed by atoms with Crippen LogP contribution in [0, 0.1) is 6.92 Å². The Kier molecular flexibility index (Phi) is 5.98. The minimum absolute atomic E-state index is 0.00615. The van der Waals surface area contributed by atoms with Crippen molar-refractivity contribution in [2.24, 2.45) is 7.05 Å². The van der Waals surface area contributed by atoms with Crippen LogP contribution < -0.4 is 4.74 Å². The van der Waals surface area contributed by atoms with Gasteiger partial charge >= 0.3 is 0 Å². The lowest BCUT2D eigenvalue weighted by Gasteiger charge is -2.12. The Hall–Kier alpha value is -2.58. The van der Waals surface area contributed by atoms with Crippen LogP contribution in [0.4, 0.5) is 0 Å². The summed E-state index contributed by atoms with van der Waals surface area (Å²) in [5.41, 5.74) is 1.53. The zero-order chi connectivity index (χ0) is 19.4. The van der Waals surface area contributed by atoms with E-state index < -0.39 is 6.10 Å². The van der Waals surface area contributed by atoms with Crippen molar-refractivity contribution in [3.05, 3.63) is 47.9 Å². The average Bonchev–Trinajstić information content (AvgIpc) is 3.23. The number of aliphatic hydroxyl groups is 1. The summed E-state index contributed by atoms with van der Waals surface area (Å²) in [6, 6.07) is 8.71. The van der Waals surface area contributed by atoms with E-state index in [9.17, 15) is 9.90 Å². The molecule has 0 aliphatic heterocycles. The molecule has 0 aliphatic rings. The van der Waals surface area contributed by atoms with Crippen LogP contribution in [-0.2, 0) is 7.05 Å². The number of Topliss-reactive ketones (excluding diaryl/α,β-unsaturated/α-hetero) is 1. The molecule has 0 amide bonds. The molecule has 1 N–H and O–H groups in total. The molecule has 1 aromatic carbocycles. The molecule has 0 aliphatic carbocycles. The molecule has 142 valence electrons. The van der Waals surface area contributed by atoms with E-state index in [-0.39, 0.29) is 12.4 Å². The minimum Gasteiger partial charge on any atom is -0.491 e.